The molecule has 0 aromatic heterocycles. The Morgan fingerprint density at radius 2 is 1.81 bits per heavy atom. The SMILES string of the molecule is COc1ccc(OC)c(/C=C2\Oc3cc(OCC=C(C)C)ccc3C2=O)c1. The summed E-state index contributed by atoms with van der Waals surface area (Å²) in [4.78, 5) is 12.7. The third-order valence-electron chi connectivity index (χ3n) is 4.11. The van der Waals surface area contributed by atoms with Gasteiger partial charge >= 0.3 is 0 Å². The standard InChI is InChI=1S/C22H22O5/c1-14(2)9-10-26-17-5-7-18-20(13-17)27-21(22(18)23)12-15-11-16(24-3)6-8-19(15)25-4/h5-9,11-13H,10H2,1-4H3/b21-12-. The molecule has 3 rings (SSSR count). The quantitative estimate of drug-likeness (QED) is 0.549. The van der Waals surface area contributed by atoms with Crippen LogP contribution in [0.4, 0.5) is 0 Å². The third kappa shape index (κ3) is 4.14. The van der Waals surface area contributed by atoms with Crippen LogP contribution < -0.4 is 18.9 Å². The van der Waals surface area contributed by atoms with Crippen molar-refractivity contribution in [1.29, 1.82) is 0 Å². The molecular weight excluding hydrogens is 344 g/mol. The van der Waals surface area contributed by atoms with Crippen molar-refractivity contribution >= 4 is 11.9 Å². The summed E-state index contributed by atoms with van der Waals surface area (Å²) in [6.07, 6.45) is 3.65. The highest BCUT2D eigenvalue weighted by Crippen LogP contribution is 2.36. The minimum atomic E-state index is -0.175. The normalized spacial score (nSPS) is 13.8. The average Bonchev–Trinajstić information content (AvgIpc) is 2.96. The third-order valence-corrected chi connectivity index (χ3v) is 4.11. The Morgan fingerprint density at radius 3 is 2.52 bits per heavy atom. The second-order valence-electron chi connectivity index (χ2n) is 6.30. The van der Waals surface area contributed by atoms with Crippen LogP contribution in [-0.2, 0) is 0 Å². The van der Waals surface area contributed by atoms with Crippen molar-refractivity contribution in [3.63, 3.8) is 0 Å². The molecule has 27 heavy (non-hydrogen) atoms. The van der Waals surface area contributed by atoms with Gasteiger partial charge in [0.15, 0.2) is 5.76 Å². The van der Waals surface area contributed by atoms with Gasteiger partial charge in [0.2, 0.25) is 5.78 Å². The monoisotopic (exact) mass is 366 g/mol. The lowest BCUT2D eigenvalue weighted by atomic mass is 10.1. The molecule has 5 nitrogen and oxygen atoms in total. The van der Waals surface area contributed by atoms with E-state index >= 15 is 0 Å². The molecule has 0 saturated heterocycles. The molecular formula is C22H22O5. The maximum atomic E-state index is 12.7. The van der Waals surface area contributed by atoms with Gasteiger partial charge in [-0.1, -0.05) is 5.57 Å². The maximum Gasteiger partial charge on any atom is 0.231 e. The fourth-order valence-electron chi connectivity index (χ4n) is 2.66. The van der Waals surface area contributed by atoms with E-state index in [1.807, 2.05) is 19.9 Å². The summed E-state index contributed by atoms with van der Waals surface area (Å²) in [6.45, 7) is 4.49. The molecule has 0 atom stereocenters. The van der Waals surface area contributed by atoms with Gasteiger partial charge in [-0.05, 0) is 56.3 Å². The van der Waals surface area contributed by atoms with Crippen molar-refractivity contribution < 1.29 is 23.7 Å². The van der Waals surface area contributed by atoms with Crippen molar-refractivity contribution in [2.24, 2.45) is 0 Å². The maximum absolute atomic E-state index is 12.7. The second-order valence-corrected chi connectivity index (χ2v) is 6.30. The van der Waals surface area contributed by atoms with E-state index in [0.29, 0.717) is 40.7 Å². The number of ketones is 1. The van der Waals surface area contributed by atoms with E-state index in [1.165, 1.54) is 5.57 Å². The lowest BCUT2D eigenvalue weighted by Crippen LogP contribution is -1.99. The van der Waals surface area contributed by atoms with Crippen LogP contribution in [0.5, 0.6) is 23.0 Å². The summed E-state index contributed by atoms with van der Waals surface area (Å²) >= 11 is 0. The summed E-state index contributed by atoms with van der Waals surface area (Å²) in [7, 11) is 3.16. The Morgan fingerprint density at radius 1 is 1.04 bits per heavy atom. The average molecular weight is 366 g/mol. The number of hydrogen-bond donors (Lipinski definition) is 0. The number of carbonyl (C=O) groups excluding carboxylic acids is 1. The topological polar surface area (TPSA) is 54.0 Å². The van der Waals surface area contributed by atoms with E-state index < -0.39 is 0 Å². The molecule has 0 spiro atoms. The van der Waals surface area contributed by atoms with Crippen LogP contribution in [-0.4, -0.2) is 26.6 Å². The minimum absolute atomic E-state index is 0.175. The number of fused-ring (bicyclic) bond motifs is 1. The molecule has 2 aromatic carbocycles. The van der Waals surface area contributed by atoms with Crippen LogP contribution in [0, 0.1) is 0 Å². The highest BCUT2D eigenvalue weighted by molar-refractivity contribution is 6.14. The molecule has 0 fully saturated rings. The first-order valence-electron chi connectivity index (χ1n) is 8.58. The number of methoxy groups -OCH3 is 2. The molecule has 0 aliphatic carbocycles. The van der Waals surface area contributed by atoms with Crippen LogP contribution >= 0.6 is 0 Å². The molecule has 1 aliphatic rings. The van der Waals surface area contributed by atoms with E-state index in [9.17, 15) is 4.79 Å². The zero-order valence-corrected chi connectivity index (χ0v) is 15.9. The van der Waals surface area contributed by atoms with Crippen molar-refractivity contribution in [1.82, 2.24) is 0 Å². The van der Waals surface area contributed by atoms with Crippen LogP contribution in [0.1, 0.15) is 29.8 Å². The number of allylic oxidation sites excluding steroid dienone is 2. The Kier molecular flexibility index (Phi) is 5.50. The van der Waals surface area contributed by atoms with Crippen molar-refractivity contribution in [2.75, 3.05) is 20.8 Å². The molecule has 0 bridgehead atoms. The Balaban J connectivity index is 1.86. The van der Waals surface area contributed by atoms with Crippen LogP contribution in [0.2, 0.25) is 0 Å². The largest absolute Gasteiger partial charge is 0.497 e. The summed E-state index contributed by atoms with van der Waals surface area (Å²) in [6, 6.07) is 10.6. The Bertz CT molecular complexity index is 920. The highest BCUT2D eigenvalue weighted by Gasteiger charge is 2.28. The number of rotatable bonds is 6. The fraction of sp³-hybridized carbons (Fsp3) is 0.227. The number of Topliss-reactive ketones (excluding diaryl/α,β-unsaturated/α-hetero) is 1. The minimum Gasteiger partial charge on any atom is -0.497 e. The molecule has 0 saturated carbocycles. The molecule has 1 aliphatic heterocycles. The predicted molar refractivity (Wildman–Crippen MR) is 104 cm³/mol. The lowest BCUT2D eigenvalue weighted by Gasteiger charge is -2.08. The number of carbonyl (C=O) groups is 1. The molecule has 5 heteroatoms. The highest BCUT2D eigenvalue weighted by atomic mass is 16.5. The van der Waals surface area contributed by atoms with Gasteiger partial charge in [0, 0.05) is 11.6 Å². The summed E-state index contributed by atoms with van der Waals surface area (Å²) in [5.41, 5.74) is 2.39. The van der Waals surface area contributed by atoms with Crippen LogP contribution in [0.3, 0.4) is 0 Å². The molecule has 140 valence electrons. The molecule has 0 radical (unpaired) electrons. The van der Waals surface area contributed by atoms with Gasteiger partial charge in [0.05, 0.1) is 19.8 Å². The predicted octanol–water partition coefficient (Wildman–Crippen LogP) is 4.67. The fourth-order valence-corrected chi connectivity index (χ4v) is 2.66. The van der Waals surface area contributed by atoms with E-state index in [1.54, 1.807) is 56.7 Å². The molecule has 2 aromatic rings. The van der Waals surface area contributed by atoms with Crippen molar-refractivity contribution in [2.45, 2.75) is 13.8 Å². The van der Waals surface area contributed by atoms with Gasteiger partial charge in [-0.15, -0.1) is 0 Å². The second kappa shape index (κ2) is 7.99. The number of benzene rings is 2. The summed E-state index contributed by atoms with van der Waals surface area (Å²) in [5, 5.41) is 0. The van der Waals surface area contributed by atoms with Gasteiger partial charge in [-0.25, -0.2) is 0 Å². The molecule has 1 heterocycles. The van der Waals surface area contributed by atoms with Gasteiger partial charge < -0.3 is 18.9 Å². The van der Waals surface area contributed by atoms with Gasteiger partial charge in [-0.3, -0.25) is 4.79 Å². The van der Waals surface area contributed by atoms with E-state index in [4.69, 9.17) is 18.9 Å². The molecule has 0 amide bonds. The van der Waals surface area contributed by atoms with E-state index in [0.717, 1.165) is 0 Å². The Labute approximate surface area is 158 Å². The Hall–Kier alpha value is -3.21. The number of hydrogen-bond acceptors (Lipinski definition) is 5. The van der Waals surface area contributed by atoms with Gasteiger partial charge in [-0.2, -0.15) is 0 Å². The lowest BCUT2D eigenvalue weighted by molar-refractivity contribution is 0.101. The van der Waals surface area contributed by atoms with E-state index in [-0.39, 0.29) is 11.5 Å². The first-order chi connectivity index (χ1) is 13.0. The number of ether oxygens (including phenoxy) is 4. The summed E-state index contributed by atoms with van der Waals surface area (Å²) in [5.74, 6) is 2.49. The van der Waals surface area contributed by atoms with Crippen molar-refractivity contribution in [3.8, 4) is 23.0 Å². The summed E-state index contributed by atoms with van der Waals surface area (Å²) < 4.78 is 22.1. The zero-order valence-electron chi connectivity index (χ0n) is 15.9. The smallest absolute Gasteiger partial charge is 0.231 e. The zero-order chi connectivity index (χ0) is 19.4. The van der Waals surface area contributed by atoms with Gasteiger partial charge in [0.25, 0.3) is 0 Å². The molecule has 0 unspecified atom stereocenters. The van der Waals surface area contributed by atoms with Crippen LogP contribution in [0.25, 0.3) is 6.08 Å². The van der Waals surface area contributed by atoms with Gasteiger partial charge in [0.1, 0.15) is 29.6 Å². The van der Waals surface area contributed by atoms with Crippen LogP contribution in [0.15, 0.2) is 53.8 Å². The molecule has 0 N–H and O–H groups in total. The van der Waals surface area contributed by atoms with E-state index in [2.05, 4.69) is 0 Å². The van der Waals surface area contributed by atoms with Crippen molar-refractivity contribution in [3.05, 3.63) is 64.9 Å². The first kappa shape index (κ1) is 18.6. The first-order valence-corrected chi connectivity index (χ1v) is 8.58.